The first-order chi connectivity index (χ1) is 9.79. The van der Waals surface area contributed by atoms with Gasteiger partial charge in [-0.05, 0) is 12.1 Å². The average Bonchev–Trinajstić information content (AvgIpc) is 2.40. The minimum atomic E-state index is -1.34. The molecule has 1 fully saturated rings. The van der Waals surface area contributed by atoms with Gasteiger partial charge in [-0.15, -0.1) is 0 Å². The second-order valence-electron chi connectivity index (χ2n) is 4.99. The molecule has 1 aromatic carbocycles. The standard InChI is InChI=1S/C13H16O8/c14-6-3-9(17)12(19)10(4-6)21-13(20)5-1-7(15)11(18)8(16)2-5/h1-2,6,9-10,12,14-19H,3-4H2. The summed E-state index contributed by atoms with van der Waals surface area (Å²) in [6, 6.07) is 1.78. The number of phenolic OH excluding ortho intramolecular Hbond substituents is 3. The van der Waals surface area contributed by atoms with Gasteiger partial charge in [0.05, 0.1) is 17.8 Å². The molecule has 8 nitrogen and oxygen atoms in total. The number of hydrogen-bond acceptors (Lipinski definition) is 8. The van der Waals surface area contributed by atoms with Gasteiger partial charge in [-0.2, -0.15) is 0 Å². The van der Waals surface area contributed by atoms with Crippen LogP contribution in [0.2, 0.25) is 0 Å². The van der Waals surface area contributed by atoms with E-state index in [4.69, 9.17) is 4.74 Å². The second kappa shape index (κ2) is 5.76. The largest absolute Gasteiger partial charge is 0.504 e. The van der Waals surface area contributed by atoms with Crippen molar-refractivity contribution in [3.05, 3.63) is 17.7 Å². The van der Waals surface area contributed by atoms with E-state index in [9.17, 15) is 35.4 Å². The van der Waals surface area contributed by atoms with Crippen molar-refractivity contribution in [1.82, 2.24) is 0 Å². The Bertz CT molecular complexity index is 520. The smallest absolute Gasteiger partial charge is 0.338 e. The van der Waals surface area contributed by atoms with E-state index in [2.05, 4.69) is 0 Å². The molecule has 0 radical (unpaired) electrons. The molecule has 21 heavy (non-hydrogen) atoms. The van der Waals surface area contributed by atoms with Gasteiger partial charge in [-0.25, -0.2) is 4.79 Å². The van der Waals surface area contributed by atoms with Gasteiger partial charge in [0.1, 0.15) is 12.2 Å². The fraction of sp³-hybridized carbons (Fsp3) is 0.462. The van der Waals surface area contributed by atoms with E-state index in [0.717, 1.165) is 12.1 Å². The molecule has 1 aromatic rings. The number of aliphatic hydroxyl groups is 3. The molecule has 0 saturated heterocycles. The summed E-state index contributed by atoms with van der Waals surface area (Å²) in [6.45, 7) is 0. The van der Waals surface area contributed by atoms with Crippen molar-refractivity contribution in [3.63, 3.8) is 0 Å². The SMILES string of the molecule is O=C(OC1CC(O)CC(O)C1O)c1cc(O)c(O)c(O)c1. The number of esters is 1. The fourth-order valence-corrected chi connectivity index (χ4v) is 2.22. The molecule has 1 aliphatic carbocycles. The van der Waals surface area contributed by atoms with Gasteiger partial charge >= 0.3 is 5.97 Å². The highest BCUT2D eigenvalue weighted by molar-refractivity contribution is 5.91. The fourth-order valence-electron chi connectivity index (χ4n) is 2.22. The molecule has 2 rings (SSSR count). The minimum absolute atomic E-state index is 0.0179. The lowest BCUT2D eigenvalue weighted by molar-refractivity contribution is -0.121. The van der Waals surface area contributed by atoms with Crippen LogP contribution >= 0.6 is 0 Å². The maximum atomic E-state index is 11.9. The third-order valence-corrected chi connectivity index (χ3v) is 3.36. The van der Waals surface area contributed by atoms with Gasteiger partial charge in [0.25, 0.3) is 0 Å². The number of phenols is 3. The Morgan fingerprint density at radius 1 is 1.05 bits per heavy atom. The first-order valence-electron chi connectivity index (χ1n) is 6.29. The Kier molecular flexibility index (Phi) is 4.21. The first kappa shape index (κ1) is 15.4. The Morgan fingerprint density at radius 2 is 1.62 bits per heavy atom. The van der Waals surface area contributed by atoms with Crippen LogP contribution in [-0.2, 0) is 4.74 Å². The van der Waals surface area contributed by atoms with Crippen LogP contribution in [0.4, 0.5) is 0 Å². The minimum Gasteiger partial charge on any atom is -0.504 e. The summed E-state index contributed by atoms with van der Waals surface area (Å²) in [7, 11) is 0. The van der Waals surface area contributed by atoms with Crippen LogP contribution in [0.15, 0.2) is 12.1 Å². The van der Waals surface area contributed by atoms with Gasteiger partial charge in [0.15, 0.2) is 17.2 Å². The summed E-state index contributed by atoms with van der Waals surface area (Å²) in [4.78, 5) is 11.9. The maximum Gasteiger partial charge on any atom is 0.338 e. The quantitative estimate of drug-likeness (QED) is 0.307. The molecule has 116 valence electrons. The molecule has 6 N–H and O–H groups in total. The Morgan fingerprint density at radius 3 is 2.19 bits per heavy atom. The number of aromatic hydroxyl groups is 3. The van der Waals surface area contributed by atoms with Crippen molar-refractivity contribution in [2.75, 3.05) is 0 Å². The topological polar surface area (TPSA) is 148 Å². The van der Waals surface area contributed by atoms with E-state index in [-0.39, 0.29) is 18.4 Å². The normalized spacial score (nSPS) is 29.1. The third kappa shape index (κ3) is 3.18. The highest BCUT2D eigenvalue weighted by Gasteiger charge is 2.37. The predicted octanol–water partition coefficient (Wildman–Crippen LogP) is -0.795. The van der Waals surface area contributed by atoms with Crippen molar-refractivity contribution in [1.29, 1.82) is 0 Å². The van der Waals surface area contributed by atoms with Crippen LogP contribution in [0.3, 0.4) is 0 Å². The molecule has 1 saturated carbocycles. The Labute approximate surface area is 119 Å². The number of carbonyl (C=O) groups is 1. The lowest BCUT2D eigenvalue weighted by atomic mass is 9.90. The summed E-state index contributed by atoms with van der Waals surface area (Å²) in [6.07, 6.45) is -4.64. The second-order valence-corrected chi connectivity index (χ2v) is 4.99. The van der Waals surface area contributed by atoms with E-state index in [1.54, 1.807) is 0 Å². The lowest BCUT2D eigenvalue weighted by Crippen LogP contribution is -2.48. The van der Waals surface area contributed by atoms with Crippen LogP contribution in [0, 0.1) is 0 Å². The van der Waals surface area contributed by atoms with Crippen molar-refractivity contribution in [3.8, 4) is 17.2 Å². The van der Waals surface area contributed by atoms with Crippen LogP contribution < -0.4 is 0 Å². The van der Waals surface area contributed by atoms with Crippen LogP contribution in [0.25, 0.3) is 0 Å². The monoisotopic (exact) mass is 300 g/mol. The van der Waals surface area contributed by atoms with Crippen molar-refractivity contribution in [2.45, 2.75) is 37.3 Å². The van der Waals surface area contributed by atoms with Crippen LogP contribution in [0.1, 0.15) is 23.2 Å². The molecule has 0 aliphatic heterocycles. The van der Waals surface area contributed by atoms with Gasteiger partial charge in [0.2, 0.25) is 0 Å². The number of benzene rings is 1. The van der Waals surface area contributed by atoms with E-state index >= 15 is 0 Å². The van der Waals surface area contributed by atoms with Gasteiger partial charge in [-0.3, -0.25) is 0 Å². The summed E-state index contributed by atoms with van der Waals surface area (Å²) in [5.74, 6) is -3.15. The molecule has 0 aromatic heterocycles. The maximum absolute atomic E-state index is 11.9. The number of carbonyl (C=O) groups excluding carboxylic acids is 1. The highest BCUT2D eigenvalue weighted by atomic mass is 16.6. The summed E-state index contributed by atoms with van der Waals surface area (Å²) >= 11 is 0. The van der Waals surface area contributed by atoms with Crippen molar-refractivity contribution in [2.24, 2.45) is 0 Å². The van der Waals surface area contributed by atoms with Crippen LogP contribution in [0.5, 0.6) is 17.2 Å². The molecular weight excluding hydrogens is 284 g/mol. The van der Waals surface area contributed by atoms with Gasteiger partial charge in [0, 0.05) is 12.8 Å². The average molecular weight is 300 g/mol. The molecule has 0 amide bonds. The molecule has 0 heterocycles. The Balaban J connectivity index is 2.14. The van der Waals surface area contributed by atoms with Gasteiger partial charge < -0.3 is 35.4 Å². The van der Waals surface area contributed by atoms with Crippen LogP contribution in [-0.4, -0.2) is 61.0 Å². The number of rotatable bonds is 2. The third-order valence-electron chi connectivity index (χ3n) is 3.36. The van der Waals surface area contributed by atoms with Crippen molar-refractivity contribution >= 4 is 5.97 Å². The molecule has 4 atom stereocenters. The zero-order valence-electron chi connectivity index (χ0n) is 10.9. The number of ether oxygens (including phenoxy) is 1. The van der Waals surface area contributed by atoms with E-state index in [1.165, 1.54) is 0 Å². The van der Waals surface area contributed by atoms with E-state index in [0.29, 0.717) is 0 Å². The Hall–Kier alpha value is -2.03. The molecular formula is C13H16O8. The summed E-state index contributed by atoms with van der Waals surface area (Å²) in [5.41, 5.74) is -0.246. The molecule has 0 spiro atoms. The lowest BCUT2D eigenvalue weighted by Gasteiger charge is -2.34. The van der Waals surface area contributed by atoms with E-state index < -0.39 is 47.6 Å². The summed E-state index contributed by atoms with van der Waals surface area (Å²) in [5, 5.41) is 56.6. The number of hydrogen-bond donors (Lipinski definition) is 6. The van der Waals surface area contributed by atoms with Gasteiger partial charge in [-0.1, -0.05) is 0 Å². The highest BCUT2D eigenvalue weighted by Crippen LogP contribution is 2.35. The number of aliphatic hydroxyl groups excluding tert-OH is 3. The molecule has 8 heteroatoms. The zero-order chi connectivity index (χ0) is 15.7. The molecule has 4 unspecified atom stereocenters. The summed E-state index contributed by atoms with van der Waals surface area (Å²) < 4.78 is 4.97. The zero-order valence-corrected chi connectivity index (χ0v) is 10.9. The van der Waals surface area contributed by atoms with Crippen molar-refractivity contribution < 1.29 is 40.2 Å². The predicted molar refractivity (Wildman–Crippen MR) is 67.9 cm³/mol. The molecule has 1 aliphatic rings. The van der Waals surface area contributed by atoms with E-state index in [1.807, 2.05) is 0 Å². The first-order valence-corrected chi connectivity index (χ1v) is 6.29. The molecule has 0 bridgehead atoms.